The number of rotatable bonds is 10. The Hall–Kier alpha value is -2.82. The van der Waals surface area contributed by atoms with E-state index in [0.717, 1.165) is 23.1 Å². The van der Waals surface area contributed by atoms with Crippen molar-refractivity contribution >= 4 is 11.8 Å². The summed E-state index contributed by atoms with van der Waals surface area (Å²) in [6.45, 7) is 12.3. The summed E-state index contributed by atoms with van der Waals surface area (Å²) in [5.41, 5.74) is 4.43. The van der Waals surface area contributed by atoms with E-state index in [0.29, 0.717) is 18.7 Å². The van der Waals surface area contributed by atoms with E-state index < -0.39 is 6.04 Å². The van der Waals surface area contributed by atoms with Crippen LogP contribution in [0.2, 0.25) is 0 Å². The number of nitrogens with zero attached hydrogens (tertiary/aromatic N) is 1. The van der Waals surface area contributed by atoms with Crippen LogP contribution in [0, 0.1) is 20.8 Å². The number of aryl methyl sites for hydroxylation is 3. The molecular formula is C26H36N2O3. The number of hydrogen-bond donors (Lipinski definition) is 1. The first-order chi connectivity index (χ1) is 14.7. The van der Waals surface area contributed by atoms with Crippen molar-refractivity contribution in [1.29, 1.82) is 0 Å². The summed E-state index contributed by atoms with van der Waals surface area (Å²) in [6, 6.07) is 13.3. The molecule has 2 atom stereocenters. The van der Waals surface area contributed by atoms with E-state index >= 15 is 0 Å². The van der Waals surface area contributed by atoms with Crippen LogP contribution < -0.4 is 10.1 Å². The van der Waals surface area contributed by atoms with Gasteiger partial charge in [-0.3, -0.25) is 9.59 Å². The number of carbonyl (C=O) groups is 2. The fourth-order valence-electron chi connectivity index (χ4n) is 3.28. The van der Waals surface area contributed by atoms with Crippen molar-refractivity contribution in [3.63, 3.8) is 0 Å². The summed E-state index contributed by atoms with van der Waals surface area (Å²) in [5.74, 6) is 0.331. The minimum absolute atomic E-state index is 0.0599. The van der Waals surface area contributed by atoms with Crippen molar-refractivity contribution in [3.8, 4) is 5.75 Å². The molecule has 2 rings (SSSR count). The average Bonchev–Trinajstić information content (AvgIpc) is 2.75. The van der Waals surface area contributed by atoms with Crippen molar-refractivity contribution < 1.29 is 14.3 Å². The highest BCUT2D eigenvalue weighted by Gasteiger charge is 2.29. The highest BCUT2D eigenvalue weighted by Crippen LogP contribution is 2.18. The van der Waals surface area contributed by atoms with E-state index in [4.69, 9.17) is 4.74 Å². The Bertz CT molecular complexity index is 877. The number of benzene rings is 2. The van der Waals surface area contributed by atoms with Crippen LogP contribution in [0.15, 0.2) is 42.5 Å². The quantitative estimate of drug-likeness (QED) is 0.601. The molecule has 0 aliphatic heterocycles. The zero-order chi connectivity index (χ0) is 23.0. The Morgan fingerprint density at radius 2 is 1.65 bits per heavy atom. The monoisotopic (exact) mass is 424 g/mol. The molecule has 0 fully saturated rings. The zero-order valence-electron chi connectivity index (χ0n) is 19.7. The molecule has 0 spiro atoms. The Morgan fingerprint density at radius 3 is 2.23 bits per heavy atom. The number of hydrogen-bond acceptors (Lipinski definition) is 3. The average molecular weight is 425 g/mol. The molecule has 2 amide bonds. The standard InChI is InChI=1S/C26H36N2O3/c1-7-21(6)27-26(30)24(8-2)28(16-22-12-9-18(3)10-13-22)25(29)17-31-23-14-11-19(4)20(5)15-23/h9-15,21,24H,7-8,16-17H2,1-6H3,(H,27,30). The third kappa shape index (κ3) is 7.12. The highest BCUT2D eigenvalue weighted by atomic mass is 16.5. The van der Waals surface area contributed by atoms with Gasteiger partial charge in [0.25, 0.3) is 5.91 Å². The molecule has 2 aromatic rings. The van der Waals surface area contributed by atoms with Gasteiger partial charge in [0.1, 0.15) is 11.8 Å². The predicted octanol–water partition coefficient (Wildman–Crippen LogP) is 4.71. The summed E-state index contributed by atoms with van der Waals surface area (Å²) < 4.78 is 5.80. The van der Waals surface area contributed by atoms with Gasteiger partial charge in [-0.1, -0.05) is 49.7 Å². The molecule has 1 N–H and O–H groups in total. The van der Waals surface area contributed by atoms with Crippen LogP contribution in [-0.4, -0.2) is 35.4 Å². The third-order valence-electron chi connectivity index (χ3n) is 5.70. The minimum Gasteiger partial charge on any atom is -0.484 e. The topological polar surface area (TPSA) is 58.6 Å². The maximum absolute atomic E-state index is 13.2. The maximum atomic E-state index is 13.2. The van der Waals surface area contributed by atoms with E-state index in [-0.39, 0.29) is 24.5 Å². The molecule has 0 aliphatic rings. The van der Waals surface area contributed by atoms with Gasteiger partial charge in [0, 0.05) is 12.6 Å². The molecule has 0 bridgehead atoms. The number of ether oxygens (including phenoxy) is 1. The van der Waals surface area contributed by atoms with E-state index in [9.17, 15) is 9.59 Å². The minimum atomic E-state index is -0.550. The van der Waals surface area contributed by atoms with Gasteiger partial charge in [0.15, 0.2) is 6.61 Å². The highest BCUT2D eigenvalue weighted by molar-refractivity contribution is 5.88. The molecule has 2 unspecified atom stereocenters. The van der Waals surface area contributed by atoms with Gasteiger partial charge in [-0.15, -0.1) is 0 Å². The number of nitrogens with one attached hydrogen (secondary N) is 1. The van der Waals surface area contributed by atoms with E-state index in [1.807, 2.05) is 84.0 Å². The Balaban J connectivity index is 2.21. The van der Waals surface area contributed by atoms with E-state index in [2.05, 4.69) is 5.32 Å². The lowest BCUT2D eigenvalue weighted by Gasteiger charge is -2.31. The SMILES string of the molecule is CCC(C)NC(=O)C(CC)N(Cc1ccc(C)cc1)C(=O)COc1ccc(C)c(C)c1. The number of amides is 2. The lowest BCUT2D eigenvalue weighted by molar-refractivity contribution is -0.143. The van der Waals surface area contributed by atoms with Crippen LogP contribution in [0.4, 0.5) is 0 Å². The maximum Gasteiger partial charge on any atom is 0.261 e. The largest absolute Gasteiger partial charge is 0.484 e. The Labute approximate surface area is 186 Å². The smallest absolute Gasteiger partial charge is 0.261 e. The first-order valence-corrected chi connectivity index (χ1v) is 11.1. The summed E-state index contributed by atoms with van der Waals surface area (Å²) in [6.07, 6.45) is 1.37. The molecule has 0 heterocycles. The normalized spacial score (nSPS) is 12.7. The van der Waals surface area contributed by atoms with E-state index in [1.165, 1.54) is 5.56 Å². The van der Waals surface area contributed by atoms with Gasteiger partial charge in [-0.25, -0.2) is 0 Å². The summed E-state index contributed by atoms with van der Waals surface area (Å²) in [7, 11) is 0. The van der Waals surface area contributed by atoms with Crippen molar-refractivity contribution in [2.45, 2.75) is 73.0 Å². The molecule has 2 aromatic carbocycles. The van der Waals surface area contributed by atoms with Gasteiger partial charge in [0.05, 0.1) is 0 Å². The lowest BCUT2D eigenvalue weighted by Crippen LogP contribution is -2.51. The van der Waals surface area contributed by atoms with Gasteiger partial charge >= 0.3 is 0 Å². The predicted molar refractivity (Wildman–Crippen MR) is 125 cm³/mol. The van der Waals surface area contributed by atoms with Crippen molar-refractivity contribution in [2.75, 3.05) is 6.61 Å². The fraction of sp³-hybridized carbons (Fsp3) is 0.462. The first kappa shape index (κ1) is 24.4. The van der Waals surface area contributed by atoms with Crippen molar-refractivity contribution in [1.82, 2.24) is 10.2 Å². The summed E-state index contributed by atoms with van der Waals surface area (Å²) in [5, 5.41) is 3.02. The molecule has 0 saturated heterocycles. The second-order valence-electron chi connectivity index (χ2n) is 8.28. The van der Waals surface area contributed by atoms with Crippen molar-refractivity contribution in [3.05, 3.63) is 64.7 Å². The second-order valence-corrected chi connectivity index (χ2v) is 8.28. The van der Waals surface area contributed by atoms with Crippen molar-refractivity contribution in [2.24, 2.45) is 0 Å². The zero-order valence-corrected chi connectivity index (χ0v) is 19.7. The molecule has 31 heavy (non-hydrogen) atoms. The van der Waals surface area contributed by atoms with Gasteiger partial charge in [-0.05, 0) is 69.4 Å². The van der Waals surface area contributed by atoms with Gasteiger partial charge < -0.3 is 15.0 Å². The first-order valence-electron chi connectivity index (χ1n) is 11.1. The van der Waals surface area contributed by atoms with Crippen LogP contribution in [0.25, 0.3) is 0 Å². The molecule has 5 nitrogen and oxygen atoms in total. The van der Waals surface area contributed by atoms with Crippen LogP contribution in [-0.2, 0) is 16.1 Å². The summed E-state index contributed by atoms with van der Waals surface area (Å²) in [4.78, 5) is 27.8. The van der Waals surface area contributed by atoms with E-state index in [1.54, 1.807) is 4.90 Å². The van der Waals surface area contributed by atoms with Crippen LogP contribution in [0.1, 0.15) is 55.9 Å². The molecule has 0 aromatic heterocycles. The van der Waals surface area contributed by atoms with Gasteiger partial charge in [-0.2, -0.15) is 0 Å². The molecule has 0 radical (unpaired) electrons. The molecular weight excluding hydrogens is 388 g/mol. The van der Waals surface area contributed by atoms with Gasteiger partial charge in [0.2, 0.25) is 5.91 Å². The number of carbonyl (C=O) groups excluding carboxylic acids is 2. The van der Waals surface area contributed by atoms with Crippen LogP contribution in [0.5, 0.6) is 5.75 Å². The fourth-order valence-corrected chi connectivity index (χ4v) is 3.28. The Kier molecular flexibility index (Phi) is 9.10. The van der Waals surface area contributed by atoms with Crippen LogP contribution >= 0.6 is 0 Å². The lowest BCUT2D eigenvalue weighted by atomic mass is 10.1. The molecule has 168 valence electrons. The second kappa shape index (κ2) is 11.5. The molecule has 5 heteroatoms. The molecule has 0 saturated carbocycles. The third-order valence-corrected chi connectivity index (χ3v) is 5.70. The summed E-state index contributed by atoms with van der Waals surface area (Å²) >= 11 is 0. The Morgan fingerprint density at radius 1 is 0.968 bits per heavy atom. The molecule has 0 aliphatic carbocycles. The van der Waals surface area contributed by atoms with Crippen LogP contribution in [0.3, 0.4) is 0 Å².